The van der Waals surface area contributed by atoms with Gasteiger partial charge in [0.1, 0.15) is 0 Å². The molecule has 0 aromatic heterocycles. The number of aryl methyl sites for hydroxylation is 1. The molecule has 3 nitrogen and oxygen atoms in total. The Morgan fingerprint density at radius 3 is 2.79 bits per heavy atom. The topological polar surface area (TPSA) is 55.1 Å². The maximum atomic E-state index is 11.1. The number of rotatable bonds is 4. The van der Waals surface area contributed by atoms with Gasteiger partial charge in [-0.2, -0.15) is 0 Å². The van der Waals surface area contributed by atoms with Crippen LogP contribution in [0.1, 0.15) is 17.5 Å². The number of benzene rings is 1. The second kappa shape index (κ2) is 5.40. The summed E-state index contributed by atoms with van der Waals surface area (Å²) in [5.74, 6) is 0.00996. The van der Waals surface area contributed by atoms with Gasteiger partial charge in [-0.1, -0.05) is 24.3 Å². The molecule has 1 aromatic carbocycles. The summed E-state index contributed by atoms with van der Waals surface area (Å²) in [5, 5.41) is 2.82. The Balaban J connectivity index is 2.46. The molecule has 0 unspecified atom stereocenters. The third-order valence-electron chi connectivity index (χ3n) is 2.11. The molecule has 14 heavy (non-hydrogen) atoms. The highest BCUT2D eigenvalue weighted by molar-refractivity contribution is 5.76. The van der Waals surface area contributed by atoms with Gasteiger partial charge in [0.15, 0.2) is 0 Å². The molecule has 0 bridgehead atoms. The first-order valence-electron chi connectivity index (χ1n) is 4.75. The van der Waals surface area contributed by atoms with Crippen molar-refractivity contribution in [3.63, 3.8) is 0 Å². The van der Waals surface area contributed by atoms with Crippen LogP contribution in [-0.2, 0) is 11.3 Å². The van der Waals surface area contributed by atoms with Crippen LogP contribution >= 0.6 is 0 Å². The molecule has 0 aliphatic heterocycles. The molecule has 0 saturated heterocycles. The van der Waals surface area contributed by atoms with Gasteiger partial charge in [-0.3, -0.25) is 4.79 Å². The van der Waals surface area contributed by atoms with E-state index in [-0.39, 0.29) is 5.91 Å². The van der Waals surface area contributed by atoms with Gasteiger partial charge >= 0.3 is 0 Å². The van der Waals surface area contributed by atoms with Gasteiger partial charge in [-0.05, 0) is 18.1 Å². The number of nitrogens with one attached hydrogen (secondary N) is 1. The smallest absolute Gasteiger partial charge is 0.221 e. The maximum Gasteiger partial charge on any atom is 0.221 e. The van der Waals surface area contributed by atoms with E-state index in [0.717, 1.165) is 5.56 Å². The minimum absolute atomic E-state index is 0.00996. The first-order chi connectivity index (χ1) is 6.74. The van der Waals surface area contributed by atoms with Gasteiger partial charge in [0.25, 0.3) is 0 Å². The van der Waals surface area contributed by atoms with Crippen LogP contribution in [-0.4, -0.2) is 12.5 Å². The van der Waals surface area contributed by atoms with Gasteiger partial charge in [0, 0.05) is 19.5 Å². The minimum Gasteiger partial charge on any atom is -0.352 e. The summed E-state index contributed by atoms with van der Waals surface area (Å²) in [6, 6.07) is 8.00. The Morgan fingerprint density at radius 2 is 2.14 bits per heavy atom. The Morgan fingerprint density at radius 1 is 1.43 bits per heavy atom. The number of amides is 1. The maximum absolute atomic E-state index is 11.1. The lowest BCUT2D eigenvalue weighted by molar-refractivity contribution is -0.121. The van der Waals surface area contributed by atoms with E-state index in [4.69, 9.17) is 5.73 Å². The molecule has 0 atom stereocenters. The SMILES string of the molecule is Cc1ccccc1CNC(=O)CCN. The molecule has 3 heteroatoms. The molecular formula is C11H16N2O. The number of carbonyl (C=O) groups excluding carboxylic acids is 1. The lowest BCUT2D eigenvalue weighted by Gasteiger charge is -2.06. The Labute approximate surface area is 84.3 Å². The van der Waals surface area contributed by atoms with Crippen molar-refractivity contribution in [1.29, 1.82) is 0 Å². The second-order valence-electron chi connectivity index (χ2n) is 3.24. The van der Waals surface area contributed by atoms with Crippen molar-refractivity contribution in [3.8, 4) is 0 Å². The zero-order valence-corrected chi connectivity index (χ0v) is 8.42. The summed E-state index contributed by atoms with van der Waals surface area (Å²) in [7, 11) is 0. The molecule has 76 valence electrons. The van der Waals surface area contributed by atoms with E-state index in [1.54, 1.807) is 0 Å². The summed E-state index contributed by atoms with van der Waals surface area (Å²) in [6.45, 7) is 3.02. The van der Waals surface area contributed by atoms with Crippen LogP contribution in [0.15, 0.2) is 24.3 Å². The fourth-order valence-corrected chi connectivity index (χ4v) is 1.22. The van der Waals surface area contributed by atoms with Crippen LogP contribution in [0.5, 0.6) is 0 Å². The molecule has 0 saturated carbocycles. The average Bonchev–Trinajstić information content (AvgIpc) is 2.17. The van der Waals surface area contributed by atoms with E-state index in [0.29, 0.717) is 19.5 Å². The van der Waals surface area contributed by atoms with Crippen molar-refractivity contribution >= 4 is 5.91 Å². The van der Waals surface area contributed by atoms with Crippen LogP contribution in [0.2, 0.25) is 0 Å². The summed E-state index contributed by atoms with van der Waals surface area (Å²) < 4.78 is 0. The van der Waals surface area contributed by atoms with Crippen molar-refractivity contribution in [2.45, 2.75) is 19.9 Å². The standard InChI is InChI=1S/C11H16N2O/c1-9-4-2-3-5-10(9)8-13-11(14)6-7-12/h2-5H,6-8,12H2,1H3,(H,13,14). The summed E-state index contributed by atoms with van der Waals surface area (Å²) in [5.41, 5.74) is 7.61. The van der Waals surface area contributed by atoms with Crippen LogP contribution in [0.4, 0.5) is 0 Å². The lowest BCUT2D eigenvalue weighted by Crippen LogP contribution is -2.25. The minimum atomic E-state index is 0.00996. The fraction of sp³-hybridized carbons (Fsp3) is 0.364. The van der Waals surface area contributed by atoms with Crippen molar-refractivity contribution in [2.75, 3.05) is 6.54 Å². The highest BCUT2D eigenvalue weighted by Gasteiger charge is 2.00. The predicted octanol–water partition coefficient (Wildman–Crippen LogP) is 0.960. The second-order valence-corrected chi connectivity index (χ2v) is 3.24. The Hall–Kier alpha value is -1.35. The molecule has 0 heterocycles. The van der Waals surface area contributed by atoms with E-state index in [9.17, 15) is 4.79 Å². The molecule has 3 N–H and O–H groups in total. The third-order valence-corrected chi connectivity index (χ3v) is 2.11. The zero-order valence-electron chi connectivity index (χ0n) is 8.42. The van der Waals surface area contributed by atoms with Gasteiger partial charge < -0.3 is 11.1 Å². The first-order valence-corrected chi connectivity index (χ1v) is 4.75. The van der Waals surface area contributed by atoms with Gasteiger partial charge in [0.2, 0.25) is 5.91 Å². The Kier molecular flexibility index (Phi) is 4.13. The first kappa shape index (κ1) is 10.7. The van der Waals surface area contributed by atoms with E-state index >= 15 is 0 Å². The quantitative estimate of drug-likeness (QED) is 0.746. The van der Waals surface area contributed by atoms with Crippen molar-refractivity contribution < 1.29 is 4.79 Å². The van der Waals surface area contributed by atoms with Crippen LogP contribution < -0.4 is 11.1 Å². The Bertz CT molecular complexity index is 310. The lowest BCUT2D eigenvalue weighted by atomic mass is 10.1. The molecular weight excluding hydrogens is 176 g/mol. The molecule has 0 fully saturated rings. The molecule has 0 aliphatic carbocycles. The van der Waals surface area contributed by atoms with Crippen molar-refractivity contribution in [2.24, 2.45) is 5.73 Å². The predicted molar refractivity (Wildman–Crippen MR) is 56.7 cm³/mol. The van der Waals surface area contributed by atoms with E-state index < -0.39 is 0 Å². The highest BCUT2D eigenvalue weighted by Crippen LogP contribution is 2.05. The van der Waals surface area contributed by atoms with Gasteiger partial charge in [-0.15, -0.1) is 0 Å². The average molecular weight is 192 g/mol. The molecule has 0 radical (unpaired) electrons. The third kappa shape index (κ3) is 3.18. The normalized spacial score (nSPS) is 9.86. The molecule has 0 aliphatic rings. The fourth-order valence-electron chi connectivity index (χ4n) is 1.22. The molecule has 1 amide bonds. The number of carbonyl (C=O) groups is 1. The van der Waals surface area contributed by atoms with E-state index in [1.807, 2.05) is 31.2 Å². The summed E-state index contributed by atoms with van der Waals surface area (Å²) >= 11 is 0. The molecule has 1 aromatic rings. The number of nitrogens with two attached hydrogens (primary N) is 1. The van der Waals surface area contributed by atoms with Crippen LogP contribution in [0.25, 0.3) is 0 Å². The van der Waals surface area contributed by atoms with Crippen molar-refractivity contribution in [3.05, 3.63) is 35.4 Å². The van der Waals surface area contributed by atoms with Crippen molar-refractivity contribution in [1.82, 2.24) is 5.32 Å². The largest absolute Gasteiger partial charge is 0.352 e. The molecule has 0 spiro atoms. The van der Waals surface area contributed by atoms with Gasteiger partial charge in [-0.25, -0.2) is 0 Å². The highest BCUT2D eigenvalue weighted by atomic mass is 16.1. The van der Waals surface area contributed by atoms with Crippen LogP contribution in [0, 0.1) is 6.92 Å². The van der Waals surface area contributed by atoms with E-state index in [2.05, 4.69) is 5.32 Å². The monoisotopic (exact) mass is 192 g/mol. The number of hydrogen-bond donors (Lipinski definition) is 2. The number of hydrogen-bond acceptors (Lipinski definition) is 2. The molecule has 1 rings (SSSR count). The van der Waals surface area contributed by atoms with E-state index in [1.165, 1.54) is 5.56 Å². The zero-order chi connectivity index (χ0) is 10.4. The van der Waals surface area contributed by atoms with Gasteiger partial charge in [0.05, 0.1) is 0 Å². The summed E-state index contributed by atoms with van der Waals surface area (Å²) in [4.78, 5) is 11.1. The van der Waals surface area contributed by atoms with Crippen LogP contribution in [0.3, 0.4) is 0 Å². The summed E-state index contributed by atoms with van der Waals surface area (Å²) in [6.07, 6.45) is 0.395.